The van der Waals surface area contributed by atoms with Crippen molar-refractivity contribution in [1.29, 1.82) is 0 Å². The number of rotatable bonds is 4. The van der Waals surface area contributed by atoms with E-state index in [1.54, 1.807) is 0 Å². The standard InChI is InChI=1S/C24H20BrClN2O2/c1-2-29-19-10-5-15(6-11-19)21-14-22-20-13-17(25)7-12-23(20)30-24(28(22)27-21)16-3-8-18(26)9-4-16/h3-13,22,24H,2,14H2,1H3/t22-,24+/m1/s1. The van der Waals surface area contributed by atoms with E-state index >= 15 is 0 Å². The number of halogens is 2. The Labute approximate surface area is 189 Å². The number of fused-ring (bicyclic) bond motifs is 3. The van der Waals surface area contributed by atoms with Gasteiger partial charge in [0.25, 0.3) is 0 Å². The molecule has 0 saturated carbocycles. The molecule has 0 amide bonds. The van der Waals surface area contributed by atoms with Crippen LogP contribution in [0.4, 0.5) is 0 Å². The van der Waals surface area contributed by atoms with Crippen LogP contribution in [-0.4, -0.2) is 17.3 Å². The molecule has 0 aliphatic carbocycles. The van der Waals surface area contributed by atoms with Crippen LogP contribution in [0.1, 0.15) is 42.3 Å². The van der Waals surface area contributed by atoms with Gasteiger partial charge in [-0.2, -0.15) is 5.10 Å². The van der Waals surface area contributed by atoms with Crippen molar-refractivity contribution in [3.8, 4) is 11.5 Å². The molecule has 0 N–H and O–H groups in total. The first kappa shape index (κ1) is 19.5. The Hall–Kier alpha value is -2.50. The first-order chi connectivity index (χ1) is 14.6. The molecule has 5 rings (SSSR count). The minimum atomic E-state index is -0.304. The molecular formula is C24H20BrClN2O2. The third-order valence-corrected chi connectivity index (χ3v) is 6.15. The highest BCUT2D eigenvalue weighted by molar-refractivity contribution is 9.10. The maximum Gasteiger partial charge on any atom is 0.213 e. The molecule has 30 heavy (non-hydrogen) atoms. The molecule has 152 valence electrons. The van der Waals surface area contributed by atoms with Crippen molar-refractivity contribution >= 4 is 33.2 Å². The summed E-state index contributed by atoms with van der Waals surface area (Å²) in [6.07, 6.45) is 0.506. The molecular weight excluding hydrogens is 464 g/mol. The largest absolute Gasteiger partial charge is 0.494 e. The zero-order valence-corrected chi connectivity index (χ0v) is 18.7. The Bertz CT molecular complexity index is 1100. The summed E-state index contributed by atoms with van der Waals surface area (Å²) in [5, 5.41) is 7.78. The molecule has 0 unspecified atom stereocenters. The summed E-state index contributed by atoms with van der Waals surface area (Å²) in [5.41, 5.74) is 4.30. The monoisotopic (exact) mass is 482 g/mol. The fourth-order valence-corrected chi connectivity index (χ4v) is 4.49. The molecule has 4 nitrogen and oxygen atoms in total. The lowest BCUT2D eigenvalue weighted by atomic mass is 9.96. The molecule has 0 saturated heterocycles. The molecule has 0 aromatic heterocycles. The predicted molar refractivity (Wildman–Crippen MR) is 122 cm³/mol. The predicted octanol–water partition coefficient (Wildman–Crippen LogP) is 6.74. The van der Waals surface area contributed by atoms with Crippen LogP contribution in [-0.2, 0) is 0 Å². The van der Waals surface area contributed by atoms with Crippen molar-refractivity contribution < 1.29 is 9.47 Å². The lowest BCUT2D eigenvalue weighted by Gasteiger charge is -2.38. The van der Waals surface area contributed by atoms with Crippen molar-refractivity contribution in [2.24, 2.45) is 5.10 Å². The lowest BCUT2D eigenvalue weighted by molar-refractivity contribution is -0.0190. The summed E-state index contributed by atoms with van der Waals surface area (Å²) >= 11 is 9.70. The zero-order chi connectivity index (χ0) is 20.7. The van der Waals surface area contributed by atoms with Crippen LogP contribution < -0.4 is 9.47 Å². The van der Waals surface area contributed by atoms with Gasteiger partial charge in [0, 0.05) is 27.0 Å². The van der Waals surface area contributed by atoms with E-state index in [1.165, 1.54) is 0 Å². The highest BCUT2D eigenvalue weighted by Gasteiger charge is 2.41. The van der Waals surface area contributed by atoms with E-state index in [2.05, 4.69) is 39.1 Å². The van der Waals surface area contributed by atoms with Crippen LogP contribution in [0, 0.1) is 0 Å². The van der Waals surface area contributed by atoms with Gasteiger partial charge in [-0.1, -0.05) is 39.7 Å². The van der Waals surface area contributed by atoms with Gasteiger partial charge in [-0.05, 0) is 67.1 Å². The Morgan fingerprint density at radius 1 is 1.10 bits per heavy atom. The first-order valence-electron chi connectivity index (χ1n) is 9.93. The maximum atomic E-state index is 6.40. The molecule has 3 aromatic carbocycles. The Balaban J connectivity index is 1.54. The number of hydrogen-bond acceptors (Lipinski definition) is 4. The van der Waals surface area contributed by atoms with E-state index in [0.717, 1.165) is 44.8 Å². The second-order valence-corrected chi connectivity index (χ2v) is 8.66. The minimum absolute atomic E-state index is 0.105. The van der Waals surface area contributed by atoms with E-state index < -0.39 is 0 Å². The van der Waals surface area contributed by atoms with Gasteiger partial charge in [-0.25, -0.2) is 5.01 Å². The number of hydrazone groups is 1. The van der Waals surface area contributed by atoms with Crippen LogP contribution in [0.15, 0.2) is 76.3 Å². The van der Waals surface area contributed by atoms with Crippen molar-refractivity contribution in [3.05, 3.63) is 92.9 Å². The zero-order valence-electron chi connectivity index (χ0n) is 16.4. The molecule has 2 heterocycles. The normalized spacial score (nSPS) is 19.6. The molecule has 0 radical (unpaired) electrons. The number of ether oxygens (including phenoxy) is 2. The molecule has 3 aromatic rings. The molecule has 0 fully saturated rings. The van der Waals surface area contributed by atoms with Crippen molar-refractivity contribution in [3.63, 3.8) is 0 Å². The van der Waals surface area contributed by atoms with Gasteiger partial charge in [-0.15, -0.1) is 0 Å². The highest BCUT2D eigenvalue weighted by Crippen LogP contribution is 2.48. The van der Waals surface area contributed by atoms with Crippen LogP contribution in [0.25, 0.3) is 0 Å². The van der Waals surface area contributed by atoms with Gasteiger partial charge in [-0.3, -0.25) is 0 Å². The molecule has 6 heteroatoms. The van der Waals surface area contributed by atoms with Gasteiger partial charge < -0.3 is 9.47 Å². The number of hydrogen-bond donors (Lipinski definition) is 0. The van der Waals surface area contributed by atoms with Crippen LogP contribution in [0.5, 0.6) is 11.5 Å². The van der Waals surface area contributed by atoms with E-state index in [-0.39, 0.29) is 12.3 Å². The minimum Gasteiger partial charge on any atom is -0.494 e. The fraction of sp³-hybridized carbons (Fsp3) is 0.208. The number of nitrogens with zero attached hydrogens (tertiary/aromatic N) is 2. The molecule has 2 aliphatic heterocycles. The van der Waals surface area contributed by atoms with Crippen molar-refractivity contribution in [2.45, 2.75) is 25.6 Å². The van der Waals surface area contributed by atoms with E-state index in [0.29, 0.717) is 11.6 Å². The van der Waals surface area contributed by atoms with Crippen molar-refractivity contribution in [2.75, 3.05) is 6.61 Å². The van der Waals surface area contributed by atoms with Crippen LogP contribution >= 0.6 is 27.5 Å². The summed E-state index contributed by atoms with van der Waals surface area (Å²) in [6, 6.07) is 22.2. The lowest BCUT2D eigenvalue weighted by Crippen LogP contribution is -2.33. The molecule has 0 spiro atoms. The van der Waals surface area contributed by atoms with Gasteiger partial charge in [0.2, 0.25) is 6.23 Å². The molecule has 2 aliphatic rings. The second kappa shape index (κ2) is 7.97. The Kier molecular flexibility index (Phi) is 5.17. The first-order valence-corrected chi connectivity index (χ1v) is 11.1. The SMILES string of the molecule is CCOc1ccc(C2=NN3[C@H](C2)c2cc(Br)ccc2O[C@H]3c2ccc(Cl)cc2)cc1. The summed E-state index contributed by atoms with van der Waals surface area (Å²) in [5.74, 6) is 1.76. The quantitative estimate of drug-likeness (QED) is 0.412. The van der Waals surface area contributed by atoms with Crippen molar-refractivity contribution in [1.82, 2.24) is 5.01 Å². The maximum absolute atomic E-state index is 6.40. The average Bonchev–Trinajstić information content (AvgIpc) is 3.21. The highest BCUT2D eigenvalue weighted by atomic mass is 79.9. The summed E-state index contributed by atoms with van der Waals surface area (Å²) in [7, 11) is 0. The average molecular weight is 484 g/mol. The smallest absolute Gasteiger partial charge is 0.213 e. The van der Waals surface area contributed by atoms with E-state index in [1.807, 2.05) is 55.5 Å². The topological polar surface area (TPSA) is 34.1 Å². The third-order valence-electron chi connectivity index (χ3n) is 5.41. The summed E-state index contributed by atoms with van der Waals surface area (Å²) in [6.45, 7) is 2.64. The van der Waals surface area contributed by atoms with Gasteiger partial charge in [0.1, 0.15) is 11.5 Å². The molecule has 2 atom stereocenters. The molecule has 0 bridgehead atoms. The Morgan fingerprint density at radius 2 is 1.87 bits per heavy atom. The fourth-order valence-electron chi connectivity index (χ4n) is 3.99. The van der Waals surface area contributed by atoms with Gasteiger partial charge in [0.05, 0.1) is 18.4 Å². The van der Waals surface area contributed by atoms with Crippen LogP contribution in [0.2, 0.25) is 5.02 Å². The summed E-state index contributed by atoms with van der Waals surface area (Å²) < 4.78 is 13.0. The Morgan fingerprint density at radius 3 is 2.60 bits per heavy atom. The van der Waals surface area contributed by atoms with Gasteiger partial charge in [0.15, 0.2) is 0 Å². The van der Waals surface area contributed by atoms with Crippen LogP contribution in [0.3, 0.4) is 0 Å². The summed E-state index contributed by atoms with van der Waals surface area (Å²) in [4.78, 5) is 0. The third kappa shape index (κ3) is 3.57. The van der Waals surface area contributed by atoms with Gasteiger partial charge >= 0.3 is 0 Å². The number of benzene rings is 3. The van der Waals surface area contributed by atoms with E-state index in [9.17, 15) is 0 Å². The van der Waals surface area contributed by atoms with E-state index in [4.69, 9.17) is 26.2 Å². The second-order valence-electron chi connectivity index (χ2n) is 7.31.